The SMILES string of the molecule is C#CCNC(=O)CCCNC(=O)O. The molecule has 0 saturated carbocycles. The lowest BCUT2D eigenvalue weighted by Gasteiger charge is -2.01. The zero-order chi connectivity index (χ0) is 10.1. The van der Waals surface area contributed by atoms with Crippen molar-refractivity contribution in [2.24, 2.45) is 0 Å². The second-order valence-electron chi connectivity index (χ2n) is 2.32. The molecule has 0 spiro atoms. The number of hydrogen-bond acceptors (Lipinski definition) is 2. The Balaban J connectivity index is 3.28. The largest absolute Gasteiger partial charge is 0.465 e. The summed E-state index contributed by atoms with van der Waals surface area (Å²) in [6, 6.07) is 0. The maximum atomic E-state index is 10.9. The highest BCUT2D eigenvalue weighted by Crippen LogP contribution is 1.86. The molecule has 3 N–H and O–H groups in total. The van der Waals surface area contributed by atoms with Crippen molar-refractivity contribution in [3.63, 3.8) is 0 Å². The number of carbonyl (C=O) groups is 2. The number of hydrogen-bond donors (Lipinski definition) is 3. The van der Waals surface area contributed by atoms with Crippen molar-refractivity contribution in [3.8, 4) is 12.3 Å². The molecule has 0 rings (SSSR count). The molecular weight excluding hydrogens is 172 g/mol. The van der Waals surface area contributed by atoms with Crippen molar-refractivity contribution in [2.75, 3.05) is 13.1 Å². The number of carbonyl (C=O) groups excluding carboxylic acids is 1. The van der Waals surface area contributed by atoms with Gasteiger partial charge in [-0.1, -0.05) is 5.92 Å². The Morgan fingerprint density at radius 2 is 2.08 bits per heavy atom. The molecule has 0 fully saturated rings. The van der Waals surface area contributed by atoms with Gasteiger partial charge in [0.05, 0.1) is 6.54 Å². The summed E-state index contributed by atoms with van der Waals surface area (Å²) in [7, 11) is 0. The standard InChI is InChI=1S/C8H12N2O3/c1-2-5-9-7(11)4-3-6-10-8(12)13/h1,10H,3-6H2,(H,9,11)(H,12,13). The third kappa shape index (κ3) is 8.20. The van der Waals surface area contributed by atoms with Gasteiger partial charge in [-0.25, -0.2) is 4.79 Å². The molecule has 0 aliphatic heterocycles. The van der Waals surface area contributed by atoms with Crippen LogP contribution in [0.15, 0.2) is 0 Å². The van der Waals surface area contributed by atoms with Gasteiger partial charge in [0.25, 0.3) is 0 Å². The molecule has 0 saturated heterocycles. The number of rotatable bonds is 5. The molecule has 0 aromatic rings. The van der Waals surface area contributed by atoms with Crippen molar-refractivity contribution in [3.05, 3.63) is 0 Å². The second kappa shape index (κ2) is 6.98. The van der Waals surface area contributed by atoms with Crippen LogP contribution in [0.5, 0.6) is 0 Å². The topological polar surface area (TPSA) is 78.4 Å². The Labute approximate surface area is 76.5 Å². The van der Waals surface area contributed by atoms with Crippen molar-refractivity contribution in [1.82, 2.24) is 10.6 Å². The highest BCUT2D eigenvalue weighted by molar-refractivity contribution is 5.76. The van der Waals surface area contributed by atoms with E-state index in [4.69, 9.17) is 11.5 Å². The molecule has 72 valence electrons. The van der Waals surface area contributed by atoms with Crippen LogP contribution < -0.4 is 10.6 Å². The minimum absolute atomic E-state index is 0.162. The first-order valence-corrected chi connectivity index (χ1v) is 3.83. The predicted molar refractivity (Wildman–Crippen MR) is 47.1 cm³/mol. The second-order valence-corrected chi connectivity index (χ2v) is 2.32. The predicted octanol–water partition coefficient (Wildman–Crippen LogP) is -0.216. The van der Waals surface area contributed by atoms with Gasteiger partial charge in [-0.05, 0) is 6.42 Å². The van der Waals surface area contributed by atoms with Gasteiger partial charge in [0.1, 0.15) is 0 Å². The number of amides is 2. The van der Waals surface area contributed by atoms with Gasteiger partial charge in [-0.3, -0.25) is 4.79 Å². The fraction of sp³-hybridized carbons (Fsp3) is 0.500. The smallest absolute Gasteiger partial charge is 0.404 e. The van der Waals surface area contributed by atoms with E-state index < -0.39 is 6.09 Å². The quantitative estimate of drug-likeness (QED) is 0.408. The van der Waals surface area contributed by atoms with Crippen LogP contribution in [0, 0.1) is 12.3 Å². The zero-order valence-corrected chi connectivity index (χ0v) is 7.17. The first-order chi connectivity index (χ1) is 6.16. The Kier molecular flexibility index (Phi) is 6.06. The molecule has 13 heavy (non-hydrogen) atoms. The van der Waals surface area contributed by atoms with Gasteiger partial charge >= 0.3 is 6.09 Å². The average Bonchev–Trinajstić information content (AvgIpc) is 2.08. The van der Waals surface area contributed by atoms with Crippen LogP contribution in [0.2, 0.25) is 0 Å². The van der Waals surface area contributed by atoms with Gasteiger partial charge in [0.2, 0.25) is 5.91 Å². The molecule has 0 aliphatic rings. The molecule has 0 atom stereocenters. The van der Waals surface area contributed by atoms with Crippen LogP contribution in [-0.2, 0) is 4.79 Å². The maximum Gasteiger partial charge on any atom is 0.404 e. The summed E-state index contributed by atoms with van der Waals surface area (Å²) in [5, 5.41) is 12.8. The fourth-order valence-electron chi connectivity index (χ4n) is 0.682. The van der Waals surface area contributed by atoms with Crippen LogP contribution in [0.1, 0.15) is 12.8 Å². The molecule has 0 unspecified atom stereocenters. The number of nitrogens with one attached hydrogen (secondary N) is 2. The number of terminal acetylenes is 1. The van der Waals surface area contributed by atoms with E-state index >= 15 is 0 Å². The minimum Gasteiger partial charge on any atom is -0.465 e. The molecule has 0 aromatic carbocycles. The van der Waals surface area contributed by atoms with Crippen molar-refractivity contribution < 1.29 is 14.7 Å². The Bertz CT molecular complexity index is 220. The Morgan fingerprint density at radius 1 is 1.38 bits per heavy atom. The number of carboxylic acid groups (broad SMARTS) is 1. The molecule has 5 nitrogen and oxygen atoms in total. The lowest BCUT2D eigenvalue weighted by Crippen LogP contribution is -2.26. The maximum absolute atomic E-state index is 10.9. The van der Waals surface area contributed by atoms with E-state index in [2.05, 4.69) is 16.6 Å². The summed E-state index contributed by atoms with van der Waals surface area (Å²) in [5.74, 6) is 2.10. The summed E-state index contributed by atoms with van der Waals surface area (Å²) >= 11 is 0. The Hall–Kier alpha value is -1.70. The van der Waals surface area contributed by atoms with Crippen LogP contribution in [0.3, 0.4) is 0 Å². The molecular formula is C8H12N2O3. The van der Waals surface area contributed by atoms with E-state index in [0.29, 0.717) is 6.42 Å². The molecule has 0 aliphatic carbocycles. The fourth-order valence-corrected chi connectivity index (χ4v) is 0.682. The third-order valence-electron chi connectivity index (χ3n) is 1.24. The lowest BCUT2D eigenvalue weighted by atomic mass is 10.3. The Morgan fingerprint density at radius 3 is 2.62 bits per heavy atom. The third-order valence-corrected chi connectivity index (χ3v) is 1.24. The molecule has 0 bridgehead atoms. The van der Waals surface area contributed by atoms with Gasteiger partial charge < -0.3 is 15.7 Å². The summed E-state index contributed by atoms with van der Waals surface area (Å²) < 4.78 is 0. The van der Waals surface area contributed by atoms with E-state index in [9.17, 15) is 9.59 Å². The summed E-state index contributed by atoms with van der Waals surface area (Å²) in [5.41, 5.74) is 0. The van der Waals surface area contributed by atoms with E-state index in [1.54, 1.807) is 0 Å². The summed E-state index contributed by atoms with van der Waals surface area (Å²) in [6.45, 7) is 0.490. The van der Waals surface area contributed by atoms with Crippen LogP contribution in [0.25, 0.3) is 0 Å². The van der Waals surface area contributed by atoms with Crippen molar-refractivity contribution in [2.45, 2.75) is 12.8 Å². The highest BCUT2D eigenvalue weighted by atomic mass is 16.4. The van der Waals surface area contributed by atoms with E-state index in [0.717, 1.165) is 0 Å². The van der Waals surface area contributed by atoms with E-state index in [-0.39, 0.29) is 25.4 Å². The first-order valence-electron chi connectivity index (χ1n) is 3.83. The van der Waals surface area contributed by atoms with Gasteiger partial charge in [0, 0.05) is 13.0 Å². The minimum atomic E-state index is -1.08. The van der Waals surface area contributed by atoms with E-state index in [1.807, 2.05) is 0 Å². The van der Waals surface area contributed by atoms with Crippen LogP contribution >= 0.6 is 0 Å². The normalized spacial score (nSPS) is 8.54. The first kappa shape index (κ1) is 11.3. The van der Waals surface area contributed by atoms with Gasteiger partial charge in [-0.15, -0.1) is 6.42 Å². The summed E-state index contributed by atoms with van der Waals surface area (Å²) in [4.78, 5) is 20.8. The zero-order valence-electron chi connectivity index (χ0n) is 7.17. The van der Waals surface area contributed by atoms with Crippen LogP contribution in [0.4, 0.5) is 4.79 Å². The monoisotopic (exact) mass is 184 g/mol. The molecule has 0 heterocycles. The lowest BCUT2D eigenvalue weighted by molar-refractivity contribution is -0.120. The molecule has 0 radical (unpaired) electrons. The summed E-state index contributed by atoms with van der Waals surface area (Å²) in [6.07, 6.45) is 4.59. The van der Waals surface area contributed by atoms with Gasteiger partial charge in [0.15, 0.2) is 0 Å². The van der Waals surface area contributed by atoms with Crippen molar-refractivity contribution >= 4 is 12.0 Å². The highest BCUT2D eigenvalue weighted by Gasteiger charge is 1.99. The molecule has 5 heteroatoms. The van der Waals surface area contributed by atoms with Crippen molar-refractivity contribution in [1.29, 1.82) is 0 Å². The van der Waals surface area contributed by atoms with Crippen LogP contribution in [-0.4, -0.2) is 30.2 Å². The molecule has 2 amide bonds. The van der Waals surface area contributed by atoms with E-state index in [1.165, 1.54) is 0 Å². The average molecular weight is 184 g/mol. The van der Waals surface area contributed by atoms with Gasteiger partial charge in [-0.2, -0.15) is 0 Å². The molecule has 0 aromatic heterocycles.